The van der Waals surface area contributed by atoms with Crippen molar-refractivity contribution in [3.8, 4) is 11.4 Å². The Kier molecular flexibility index (Phi) is 7.98. The second-order valence-corrected chi connectivity index (χ2v) is 9.91. The fourth-order valence-corrected chi connectivity index (χ4v) is 4.21. The Morgan fingerprint density at radius 2 is 1.88 bits per heavy atom. The predicted octanol–water partition coefficient (Wildman–Crippen LogP) is 5.81. The molecule has 1 amide bonds. The van der Waals surface area contributed by atoms with Crippen LogP contribution in [-0.4, -0.2) is 32.6 Å². The van der Waals surface area contributed by atoms with E-state index < -0.39 is 0 Å². The molecule has 0 saturated carbocycles. The standard InChI is InChI=1S/C23H25Cl2N5OS/c1-5-30-21(15-6-9-17(10-7-15)23(2,3)4)28-29-22(30)32-14-20(31)27-26-13-16-8-11-18(24)12-19(16)25/h6-13H,5,14H2,1-4H3,(H,27,31)/b26-13-. The predicted molar refractivity (Wildman–Crippen MR) is 133 cm³/mol. The zero-order valence-corrected chi connectivity index (χ0v) is 20.7. The molecule has 9 heteroatoms. The van der Waals surface area contributed by atoms with Crippen LogP contribution >= 0.6 is 35.0 Å². The lowest BCUT2D eigenvalue weighted by Gasteiger charge is -2.19. The first-order chi connectivity index (χ1) is 15.2. The van der Waals surface area contributed by atoms with Gasteiger partial charge in [-0.2, -0.15) is 5.10 Å². The van der Waals surface area contributed by atoms with Crippen LogP contribution in [0, 0.1) is 0 Å². The van der Waals surface area contributed by atoms with Crippen LogP contribution in [0.15, 0.2) is 52.7 Å². The highest BCUT2D eigenvalue weighted by molar-refractivity contribution is 7.99. The fraction of sp³-hybridized carbons (Fsp3) is 0.304. The van der Waals surface area contributed by atoms with E-state index in [0.717, 1.165) is 11.4 Å². The molecule has 1 heterocycles. The van der Waals surface area contributed by atoms with Gasteiger partial charge < -0.3 is 4.57 Å². The van der Waals surface area contributed by atoms with Crippen LogP contribution in [0.4, 0.5) is 0 Å². The van der Waals surface area contributed by atoms with Crippen molar-refractivity contribution >= 4 is 47.1 Å². The average Bonchev–Trinajstić information content (AvgIpc) is 3.16. The molecule has 32 heavy (non-hydrogen) atoms. The zero-order chi connectivity index (χ0) is 23.3. The smallest absolute Gasteiger partial charge is 0.250 e. The molecule has 1 aromatic heterocycles. The monoisotopic (exact) mass is 489 g/mol. The largest absolute Gasteiger partial charge is 0.302 e. The Morgan fingerprint density at radius 3 is 2.50 bits per heavy atom. The van der Waals surface area contributed by atoms with Crippen LogP contribution in [0.1, 0.15) is 38.8 Å². The highest BCUT2D eigenvalue weighted by Gasteiger charge is 2.17. The minimum absolute atomic E-state index is 0.0900. The van der Waals surface area contributed by atoms with E-state index in [2.05, 4.69) is 65.8 Å². The minimum Gasteiger partial charge on any atom is -0.302 e. The molecule has 2 aromatic carbocycles. The molecular weight excluding hydrogens is 465 g/mol. The van der Waals surface area contributed by atoms with E-state index in [1.807, 2.05) is 11.5 Å². The highest BCUT2D eigenvalue weighted by atomic mass is 35.5. The van der Waals surface area contributed by atoms with E-state index >= 15 is 0 Å². The SMILES string of the molecule is CCn1c(SCC(=O)N/N=C\c2ccc(Cl)cc2Cl)nnc1-c1ccc(C(C)(C)C)cc1. The van der Waals surface area contributed by atoms with Gasteiger partial charge in [-0.25, -0.2) is 5.43 Å². The number of benzene rings is 2. The van der Waals surface area contributed by atoms with Gasteiger partial charge in [-0.05, 0) is 30.0 Å². The van der Waals surface area contributed by atoms with E-state index in [1.54, 1.807) is 18.2 Å². The number of nitrogens with zero attached hydrogens (tertiary/aromatic N) is 4. The fourth-order valence-electron chi connectivity index (χ4n) is 2.96. The lowest BCUT2D eigenvalue weighted by molar-refractivity contribution is -0.118. The van der Waals surface area contributed by atoms with Crippen molar-refractivity contribution in [2.75, 3.05) is 5.75 Å². The van der Waals surface area contributed by atoms with Crippen LogP contribution in [0.3, 0.4) is 0 Å². The highest BCUT2D eigenvalue weighted by Crippen LogP contribution is 2.27. The molecular formula is C23H25Cl2N5OS. The molecule has 168 valence electrons. The Labute approximate surface area is 202 Å². The van der Waals surface area contributed by atoms with Gasteiger partial charge in [0.2, 0.25) is 0 Å². The first kappa shape index (κ1) is 24.3. The molecule has 0 spiro atoms. The van der Waals surface area contributed by atoms with Crippen molar-refractivity contribution in [3.05, 3.63) is 63.6 Å². The normalized spacial score (nSPS) is 11.8. The molecule has 0 aliphatic rings. The Bertz CT molecular complexity index is 1120. The summed E-state index contributed by atoms with van der Waals surface area (Å²) in [5.41, 5.74) is 5.51. The van der Waals surface area contributed by atoms with E-state index in [4.69, 9.17) is 23.2 Å². The van der Waals surface area contributed by atoms with E-state index in [0.29, 0.717) is 27.3 Å². The summed E-state index contributed by atoms with van der Waals surface area (Å²) in [5, 5.41) is 14.3. The van der Waals surface area contributed by atoms with Crippen LogP contribution in [0.25, 0.3) is 11.4 Å². The third kappa shape index (κ3) is 6.12. The van der Waals surface area contributed by atoms with Gasteiger partial charge in [-0.15, -0.1) is 10.2 Å². The first-order valence-electron chi connectivity index (χ1n) is 10.1. The summed E-state index contributed by atoms with van der Waals surface area (Å²) in [6.45, 7) is 9.28. The van der Waals surface area contributed by atoms with Crippen molar-refractivity contribution in [3.63, 3.8) is 0 Å². The number of halogens is 2. The van der Waals surface area contributed by atoms with Crippen LogP contribution in [-0.2, 0) is 16.8 Å². The molecule has 1 N–H and O–H groups in total. The third-order valence-electron chi connectivity index (χ3n) is 4.73. The van der Waals surface area contributed by atoms with E-state index in [-0.39, 0.29) is 17.1 Å². The van der Waals surface area contributed by atoms with Crippen molar-refractivity contribution < 1.29 is 4.79 Å². The third-order valence-corrected chi connectivity index (χ3v) is 6.26. The van der Waals surface area contributed by atoms with Gasteiger partial charge in [-0.3, -0.25) is 4.79 Å². The van der Waals surface area contributed by atoms with Crippen molar-refractivity contribution in [1.29, 1.82) is 0 Å². The lowest BCUT2D eigenvalue weighted by Crippen LogP contribution is -2.20. The summed E-state index contributed by atoms with van der Waals surface area (Å²) in [6.07, 6.45) is 1.48. The summed E-state index contributed by atoms with van der Waals surface area (Å²) in [7, 11) is 0. The maximum atomic E-state index is 12.2. The lowest BCUT2D eigenvalue weighted by atomic mass is 9.87. The van der Waals surface area contributed by atoms with Crippen LogP contribution in [0.5, 0.6) is 0 Å². The molecule has 0 saturated heterocycles. The Balaban J connectivity index is 1.62. The van der Waals surface area contributed by atoms with E-state index in [9.17, 15) is 4.79 Å². The summed E-state index contributed by atoms with van der Waals surface area (Å²) in [6, 6.07) is 13.4. The van der Waals surface area contributed by atoms with Gasteiger partial charge in [0.15, 0.2) is 11.0 Å². The Hall–Kier alpha value is -2.35. The number of hydrogen-bond donors (Lipinski definition) is 1. The molecule has 0 aliphatic heterocycles. The first-order valence-corrected chi connectivity index (χ1v) is 11.9. The second-order valence-electron chi connectivity index (χ2n) is 8.13. The summed E-state index contributed by atoms with van der Waals surface area (Å²) in [5.74, 6) is 0.691. The molecule has 0 atom stereocenters. The summed E-state index contributed by atoms with van der Waals surface area (Å²) < 4.78 is 2.00. The summed E-state index contributed by atoms with van der Waals surface area (Å²) >= 11 is 13.3. The molecule has 0 unspecified atom stereocenters. The van der Waals surface area contributed by atoms with Gasteiger partial charge in [0.05, 0.1) is 17.0 Å². The maximum Gasteiger partial charge on any atom is 0.250 e. The molecule has 6 nitrogen and oxygen atoms in total. The molecule has 0 bridgehead atoms. The van der Waals surface area contributed by atoms with Crippen molar-refractivity contribution in [2.24, 2.45) is 5.10 Å². The van der Waals surface area contributed by atoms with Gasteiger partial charge in [-0.1, -0.05) is 86.1 Å². The average molecular weight is 490 g/mol. The number of carbonyl (C=O) groups excluding carboxylic acids is 1. The number of aromatic nitrogens is 3. The van der Waals surface area contributed by atoms with Crippen molar-refractivity contribution in [1.82, 2.24) is 20.2 Å². The maximum absolute atomic E-state index is 12.2. The number of carbonyl (C=O) groups is 1. The van der Waals surface area contributed by atoms with Gasteiger partial charge in [0.1, 0.15) is 0 Å². The number of amides is 1. The quantitative estimate of drug-likeness (QED) is 0.258. The topological polar surface area (TPSA) is 72.2 Å². The Morgan fingerprint density at radius 1 is 1.16 bits per heavy atom. The molecule has 0 radical (unpaired) electrons. The van der Waals surface area contributed by atoms with Crippen molar-refractivity contribution in [2.45, 2.75) is 44.8 Å². The zero-order valence-electron chi connectivity index (χ0n) is 18.4. The minimum atomic E-state index is -0.252. The van der Waals surface area contributed by atoms with Crippen LogP contribution < -0.4 is 5.43 Å². The number of nitrogens with one attached hydrogen (secondary N) is 1. The number of rotatable bonds is 7. The second kappa shape index (κ2) is 10.5. The number of thioether (sulfide) groups is 1. The van der Waals surface area contributed by atoms with Crippen LogP contribution in [0.2, 0.25) is 10.0 Å². The number of hydrogen-bond acceptors (Lipinski definition) is 5. The van der Waals surface area contributed by atoms with Gasteiger partial charge >= 0.3 is 0 Å². The molecule has 3 aromatic rings. The molecule has 0 fully saturated rings. The summed E-state index contributed by atoms with van der Waals surface area (Å²) in [4.78, 5) is 12.2. The number of hydrazone groups is 1. The van der Waals surface area contributed by atoms with Gasteiger partial charge in [0, 0.05) is 22.7 Å². The van der Waals surface area contributed by atoms with E-state index in [1.165, 1.54) is 23.5 Å². The molecule has 0 aliphatic carbocycles. The molecule has 3 rings (SSSR count). The van der Waals surface area contributed by atoms with Gasteiger partial charge in [0.25, 0.3) is 5.91 Å².